The van der Waals surface area contributed by atoms with Crippen LogP contribution in [0.2, 0.25) is 10.0 Å². The van der Waals surface area contributed by atoms with Crippen LogP contribution < -0.4 is 10.6 Å². The number of carboxylic acids is 1. The fourth-order valence-corrected chi connectivity index (χ4v) is 6.40. The van der Waals surface area contributed by atoms with E-state index in [4.69, 9.17) is 27.9 Å². The highest BCUT2D eigenvalue weighted by atomic mass is 35.5. The molecule has 2 fully saturated rings. The standard InChI is InChI=1S/C30H37Cl2N7O6/c1-29(2,3)45-28(44)33-22-10-8-6-4-5-7-9-18-15-30(18,27(42)43)34-25(40)23-14-21(16-38(23)26(22)41)39-36-24(35-37-39)17-11-19(31)13-20(32)12-17/h7,9,11-13,18,21-23H,4-6,8,10,14-16H2,1-3H3,(H,33,44)(H,34,40)(H,42,43)/b9-7-/t18-,21-,22+,23+,30-/m1/s1. The first-order valence-electron chi connectivity index (χ1n) is 15.0. The summed E-state index contributed by atoms with van der Waals surface area (Å²) in [5.74, 6) is -2.31. The lowest BCUT2D eigenvalue weighted by atomic mass is 10.0. The van der Waals surface area contributed by atoms with Crippen molar-refractivity contribution in [1.82, 2.24) is 35.7 Å². The maximum atomic E-state index is 14.1. The average molecular weight is 663 g/mol. The van der Waals surface area contributed by atoms with Crippen LogP contribution in [0.25, 0.3) is 11.4 Å². The summed E-state index contributed by atoms with van der Waals surface area (Å²) in [6.07, 6.45) is 6.75. The van der Waals surface area contributed by atoms with Gasteiger partial charge in [0.15, 0.2) is 0 Å². The number of hydrogen-bond donors (Lipinski definition) is 3. The third kappa shape index (κ3) is 7.58. The zero-order valence-electron chi connectivity index (χ0n) is 25.3. The molecule has 3 aliphatic rings. The maximum Gasteiger partial charge on any atom is 0.408 e. The monoisotopic (exact) mass is 661 g/mol. The van der Waals surface area contributed by atoms with Crippen LogP contribution in [-0.2, 0) is 19.1 Å². The van der Waals surface area contributed by atoms with Crippen LogP contribution >= 0.6 is 23.2 Å². The fourth-order valence-electron chi connectivity index (χ4n) is 5.87. The lowest BCUT2D eigenvalue weighted by molar-refractivity contribution is -0.145. The molecule has 5 rings (SSSR count). The van der Waals surface area contributed by atoms with Crippen LogP contribution in [0.5, 0.6) is 0 Å². The normalized spacial score (nSPS) is 28.2. The van der Waals surface area contributed by atoms with Crippen molar-refractivity contribution in [3.8, 4) is 11.4 Å². The Labute approximate surface area is 270 Å². The molecule has 1 aromatic heterocycles. The molecule has 45 heavy (non-hydrogen) atoms. The van der Waals surface area contributed by atoms with Crippen LogP contribution in [0, 0.1) is 5.92 Å². The smallest absolute Gasteiger partial charge is 0.408 e. The molecule has 3 N–H and O–H groups in total. The molecule has 0 radical (unpaired) electrons. The maximum absolute atomic E-state index is 14.1. The Morgan fingerprint density at radius 1 is 1.13 bits per heavy atom. The summed E-state index contributed by atoms with van der Waals surface area (Å²) >= 11 is 12.3. The lowest BCUT2D eigenvalue weighted by Crippen LogP contribution is -2.56. The molecule has 1 saturated heterocycles. The molecule has 1 aliphatic carbocycles. The molecule has 3 amide bonds. The number of fused-ring (bicyclic) bond motifs is 2. The Hall–Kier alpha value is -3.71. The second kappa shape index (κ2) is 13.0. The second-order valence-electron chi connectivity index (χ2n) is 12.8. The number of aliphatic carboxylic acids is 1. The molecule has 5 atom stereocenters. The molecule has 1 saturated carbocycles. The molecule has 0 unspecified atom stereocenters. The van der Waals surface area contributed by atoms with Crippen molar-refractivity contribution in [2.75, 3.05) is 6.54 Å². The van der Waals surface area contributed by atoms with Crippen molar-refractivity contribution in [3.05, 3.63) is 40.4 Å². The second-order valence-corrected chi connectivity index (χ2v) is 13.7. The summed E-state index contributed by atoms with van der Waals surface area (Å²) in [4.78, 5) is 55.8. The zero-order valence-corrected chi connectivity index (χ0v) is 26.8. The van der Waals surface area contributed by atoms with E-state index in [1.54, 1.807) is 39.0 Å². The molecule has 15 heteroatoms. The Bertz CT molecular complexity index is 1490. The summed E-state index contributed by atoms with van der Waals surface area (Å²) in [5.41, 5.74) is -1.69. The molecule has 0 bridgehead atoms. The number of nitrogens with zero attached hydrogens (tertiary/aromatic N) is 5. The number of rotatable bonds is 4. The summed E-state index contributed by atoms with van der Waals surface area (Å²) in [6, 6.07) is 2.27. The first-order chi connectivity index (χ1) is 21.3. The summed E-state index contributed by atoms with van der Waals surface area (Å²) in [6.45, 7) is 5.21. The minimum absolute atomic E-state index is 0.0267. The van der Waals surface area contributed by atoms with Crippen LogP contribution in [0.1, 0.15) is 71.8 Å². The quantitative estimate of drug-likeness (QED) is 0.407. The van der Waals surface area contributed by atoms with Gasteiger partial charge in [-0.1, -0.05) is 48.2 Å². The number of tetrazole rings is 1. The van der Waals surface area contributed by atoms with Gasteiger partial charge in [0.25, 0.3) is 0 Å². The van der Waals surface area contributed by atoms with Gasteiger partial charge in [0.2, 0.25) is 17.6 Å². The highest BCUT2D eigenvalue weighted by Gasteiger charge is 2.61. The third-order valence-electron chi connectivity index (χ3n) is 8.20. The van der Waals surface area contributed by atoms with E-state index >= 15 is 0 Å². The molecule has 3 heterocycles. The summed E-state index contributed by atoms with van der Waals surface area (Å²) in [7, 11) is 0. The Kier molecular flexibility index (Phi) is 9.41. The van der Waals surface area contributed by atoms with Gasteiger partial charge in [0, 0.05) is 34.5 Å². The third-order valence-corrected chi connectivity index (χ3v) is 8.64. The van der Waals surface area contributed by atoms with Gasteiger partial charge in [-0.2, -0.15) is 4.80 Å². The van der Waals surface area contributed by atoms with Gasteiger partial charge in [-0.05, 0) is 69.9 Å². The highest BCUT2D eigenvalue weighted by Crippen LogP contribution is 2.45. The number of nitrogens with one attached hydrogen (secondary N) is 2. The molecule has 242 valence electrons. The number of allylic oxidation sites excluding steroid dienone is 1. The van der Waals surface area contributed by atoms with E-state index in [9.17, 15) is 24.3 Å². The Morgan fingerprint density at radius 3 is 2.56 bits per heavy atom. The van der Waals surface area contributed by atoms with Crippen molar-refractivity contribution >= 4 is 47.1 Å². The largest absolute Gasteiger partial charge is 0.479 e. The predicted molar refractivity (Wildman–Crippen MR) is 164 cm³/mol. The number of carbonyl (C=O) groups is 4. The van der Waals surface area contributed by atoms with Crippen molar-refractivity contribution < 1.29 is 29.0 Å². The molecular weight excluding hydrogens is 625 g/mol. The number of benzene rings is 1. The van der Waals surface area contributed by atoms with Crippen molar-refractivity contribution in [3.63, 3.8) is 0 Å². The van der Waals surface area contributed by atoms with E-state index in [0.717, 1.165) is 19.3 Å². The van der Waals surface area contributed by atoms with Gasteiger partial charge in [-0.15, -0.1) is 10.2 Å². The van der Waals surface area contributed by atoms with Crippen molar-refractivity contribution in [1.29, 1.82) is 0 Å². The molecule has 2 aliphatic heterocycles. The topological polar surface area (TPSA) is 169 Å². The van der Waals surface area contributed by atoms with E-state index in [1.165, 1.54) is 9.70 Å². The summed E-state index contributed by atoms with van der Waals surface area (Å²) in [5, 5.41) is 29.1. The van der Waals surface area contributed by atoms with E-state index in [1.807, 2.05) is 12.2 Å². The number of halogens is 2. The van der Waals surface area contributed by atoms with Gasteiger partial charge >= 0.3 is 12.1 Å². The van der Waals surface area contributed by atoms with E-state index < -0.39 is 53.1 Å². The van der Waals surface area contributed by atoms with E-state index in [2.05, 4.69) is 26.0 Å². The van der Waals surface area contributed by atoms with E-state index in [0.29, 0.717) is 28.5 Å². The molecule has 13 nitrogen and oxygen atoms in total. The summed E-state index contributed by atoms with van der Waals surface area (Å²) < 4.78 is 5.43. The van der Waals surface area contributed by atoms with Gasteiger partial charge in [-0.25, -0.2) is 9.59 Å². The van der Waals surface area contributed by atoms with E-state index in [-0.39, 0.29) is 31.1 Å². The number of amides is 3. The van der Waals surface area contributed by atoms with Crippen LogP contribution in [-0.4, -0.2) is 83.9 Å². The molecule has 1 aromatic carbocycles. The first-order valence-corrected chi connectivity index (χ1v) is 15.8. The lowest BCUT2D eigenvalue weighted by Gasteiger charge is -2.30. The van der Waals surface area contributed by atoms with Crippen LogP contribution in [0.15, 0.2) is 30.4 Å². The average Bonchev–Trinajstić information content (AvgIpc) is 3.26. The SMILES string of the molecule is CC(C)(C)OC(=O)N[C@H]1CCCCC/C=C\[C@@H]2C[C@@]2(C(=O)O)NC(=O)[C@@H]2C[C@@H](n3nnc(-c4cc(Cl)cc(Cl)c4)n3)CN2C1=O. The van der Waals surface area contributed by atoms with Gasteiger partial charge in [-0.3, -0.25) is 9.59 Å². The molecule has 2 aromatic rings. The number of carboxylic acid groups (broad SMARTS) is 1. The van der Waals surface area contributed by atoms with Crippen molar-refractivity contribution in [2.24, 2.45) is 5.92 Å². The molecule has 0 spiro atoms. The minimum atomic E-state index is -1.45. The number of carbonyl (C=O) groups excluding carboxylic acids is 3. The predicted octanol–water partition coefficient (Wildman–Crippen LogP) is 4.16. The molecular formula is C30H37Cl2N7O6. The van der Waals surface area contributed by atoms with Gasteiger partial charge < -0.3 is 25.4 Å². The number of alkyl carbamates (subject to hydrolysis) is 1. The van der Waals surface area contributed by atoms with Crippen LogP contribution in [0.4, 0.5) is 4.79 Å². The Morgan fingerprint density at radius 2 is 1.87 bits per heavy atom. The number of ether oxygens (including phenoxy) is 1. The zero-order chi connectivity index (χ0) is 32.5. The van der Waals surface area contributed by atoms with Crippen molar-refractivity contribution in [2.45, 2.75) is 95.0 Å². The van der Waals surface area contributed by atoms with Gasteiger partial charge in [0.05, 0.1) is 6.04 Å². The number of aromatic nitrogens is 4. The van der Waals surface area contributed by atoms with Gasteiger partial charge in [0.1, 0.15) is 23.2 Å². The highest BCUT2D eigenvalue weighted by molar-refractivity contribution is 6.35. The minimum Gasteiger partial charge on any atom is -0.479 e. The van der Waals surface area contributed by atoms with Crippen LogP contribution in [0.3, 0.4) is 0 Å². The fraction of sp³-hybridized carbons (Fsp3) is 0.567. The Balaban J connectivity index is 1.45. The first kappa shape index (κ1) is 32.7. The number of hydrogen-bond acceptors (Lipinski definition) is 8.